The van der Waals surface area contributed by atoms with Crippen LogP contribution in [0, 0.1) is 0 Å². The minimum Gasteiger partial charge on any atom is -0.480 e. The Balaban J connectivity index is 1.84. The predicted octanol–water partition coefficient (Wildman–Crippen LogP) is 1.77. The van der Waals surface area contributed by atoms with E-state index in [1.165, 1.54) is 4.91 Å². The molecule has 0 radical (unpaired) electrons. The van der Waals surface area contributed by atoms with Gasteiger partial charge in [-0.1, -0.05) is 18.2 Å². The topological polar surface area (TPSA) is 49.3 Å². The van der Waals surface area contributed by atoms with Crippen molar-refractivity contribution in [2.24, 2.45) is 0 Å². The highest BCUT2D eigenvalue weighted by Crippen LogP contribution is 2.32. The van der Waals surface area contributed by atoms with Crippen molar-refractivity contribution in [2.75, 3.05) is 6.54 Å². The van der Waals surface area contributed by atoms with Gasteiger partial charge in [0, 0.05) is 11.8 Å². The summed E-state index contributed by atoms with van der Waals surface area (Å²) >= 11 is 1.83. The number of hydrogen-bond donors (Lipinski definition) is 2. The van der Waals surface area contributed by atoms with Gasteiger partial charge in [0.25, 0.3) is 0 Å². The van der Waals surface area contributed by atoms with E-state index in [0.29, 0.717) is 5.25 Å². The second kappa shape index (κ2) is 4.86. The molecule has 2 unspecified atom stereocenters. The van der Waals surface area contributed by atoms with Crippen molar-refractivity contribution in [3.63, 3.8) is 0 Å². The summed E-state index contributed by atoms with van der Waals surface area (Å²) in [6.07, 6.45) is 9.35. The van der Waals surface area contributed by atoms with Crippen LogP contribution >= 0.6 is 11.8 Å². The number of allylic oxidation sites excluding steroid dienone is 4. The lowest BCUT2D eigenvalue weighted by atomic mass is 10.2. The zero-order valence-corrected chi connectivity index (χ0v) is 9.30. The molecule has 0 spiro atoms. The van der Waals surface area contributed by atoms with Crippen molar-refractivity contribution < 1.29 is 9.90 Å². The van der Waals surface area contributed by atoms with Crippen molar-refractivity contribution in [3.8, 4) is 0 Å². The van der Waals surface area contributed by atoms with Crippen molar-refractivity contribution >= 4 is 17.7 Å². The van der Waals surface area contributed by atoms with Gasteiger partial charge >= 0.3 is 5.97 Å². The maximum Gasteiger partial charge on any atom is 0.320 e. The molecule has 0 aromatic carbocycles. The van der Waals surface area contributed by atoms with Crippen LogP contribution in [0.3, 0.4) is 0 Å². The largest absolute Gasteiger partial charge is 0.480 e. The highest BCUT2D eigenvalue weighted by molar-refractivity contribution is 8.03. The third-order valence-electron chi connectivity index (χ3n) is 2.68. The fraction of sp³-hybridized carbons (Fsp3) is 0.545. The number of rotatable bonds is 3. The lowest BCUT2D eigenvalue weighted by Gasteiger charge is -2.12. The summed E-state index contributed by atoms with van der Waals surface area (Å²) in [6, 6.07) is -0.345. The first-order valence-electron chi connectivity index (χ1n) is 5.24. The number of aliphatic carboxylic acids is 1. The molecule has 0 aromatic heterocycles. The molecule has 15 heavy (non-hydrogen) atoms. The van der Waals surface area contributed by atoms with E-state index in [1.54, 1.807) is 0 Å². The van der Waals surface area contributed by atoms with Crippen molar-refractivity contribution in [1.29, 1.82) is 0 Å². The van der Waals surface area contributed by atoms with Crippen LogP contribution in [-0.4, -0.2) is 28.9 Å². The summed E-state index contributed by atoms with van der Waals surface area (Å²) in [5, 5.41) is 12.3. The van der Waals surface area contributed by atoms with Crippen LogP contribution in [0.5, 0.6) is 0 Å². The lowest BCUT2D eigenvalue weighted by Crippen LogP contribution is -2.29. The Morgan fingerprint density at radius 2 is 2.47 bits per heavy atom. The Hall–Kier alpha value is -0.740. The van der Waals surface area contributed by atoms with Gasteiger partial charge in [-0.2, -0.15) is 0 Å². The number of carbonyl (C=O) groups is 1. The molecular weight excluding hydrogens is 210 g/mol. The molecule has 0 amide bonds. The molecule has 1 aliphatic carbocycles. The maximum atomic E-state index is 10.7. The fourth-order valence-electron chi connectivity index (χ4n) is 1.87. The lowest BCUT2D eigenvalue weighted by molar-refractivity contribution is -0.139. The first-order chi connectivity index (χ1) is 7.25. The van der Waals surface area contributed by atoms with Gasteiger partial charge in [-0.3, -0.25) is 4.79 Å². The summed E-state index contributed by atoms with van der Waals surface area (Å²) in [5.41, 5.74) is 0. The third kappa shape index (κ3) is 2.86. The number of thioether (sulfide) groups is 1. The van der Waals surface area contributed by atoms with E-state index in [0.717, 1.165) is 25.8 Å². The highest BCUT2D eigenvalue weighted by Gasteiger charge is 2.29. The van der Waals surface area contributed by atoms with Gasteiger partial charge in [0.15, 0.2) is 0 Å². The standard InChI is InChI=1S/C11H15NO2S/c13-11(14)10-6-9(7-12-10)15-8-4-2-1-3-5-8/h1-2,4,9-10,12H,3,5-7H2,(H,13,14). The average Bonchev–Trinajstić information content (AvgIpc) is 2.68. The molecule has 4 heteroatoms. The Bertz CT molecular complexity index is 312. The maximum absolute atomic E-state index is 10.7. The normalized spacial score (nSPS) is 30.3. The van der Waals surface area contributed by atoms with Crippen LogP contribution in [0.1, 0.15) is 19.3 Å². The van der Waals surface area contributed by atoms with E-state index >= 15 is 0 Å². The van der Waals surface area contributed by atoms with Crippen molar-refractivity contribution in [1.82, 2.24) is 5.32 Å². The van der Waals surface area contributed by atoms with E-state index in [9.17, 15) is 4.79 Å². The van der Waals surface area contributed by atoms with Crippen LogP contribution in [0.25, 0.3) is 0 Å². The molecule has 0 saturated carbocycles. The third-order valence-corrected chi connectivity index (χ3v) is 4.02. The Labute approximate surface area is 93.6 Å². The predicted molar refractivity (Wildman–Crippen MR) is 61.9 cm³/mol. The van der Waals surface area contributed by atoms with Crippen LogP contribution in [0.2, 0.25) is 0 Å². The first kappa shape index (κ1) is 10.8. The second-order valence-corrected chi connectivity index (χ2v) is 5.30. The Morgan fingerprint density at radius 3 is 3.07 bits per heavy atom. The molecule has 2 atom stereocenters. The summed E-state index contributed by atoms with van der Waals surface area (Å²) < 4.78 is 0. The molecule has 0 bridgehead atoms. The molecule has 82 valence electrons. The van der Waals surface area contributed by atoms with Crippen LogP contribution in [0.15, 0.2) is 23.1 Å². The molecule has 0 aromatic rings. The van der Waals surface area contributed by atoms with Crippen LogP contribution in [0.4, 0.5) is 0 Å². The smallest absolute Gasteiger partial charge is 0.320 e. The van der Waals surface area contributed by atoms with Crippen LogP contribution in [-0.2, 0) is 4.79 Å². The summed E-state index contributed by atoms with van der Waals surface area (Å²) in [4.78, 5) is 12.1. The monoisotopic (exact) mass is 225 g/mol. The zero-order valence-electron chi connectivity index (χ0n) is 8.48. The SMILES string of the molecule is O=C(O)C1CC(SC2=CC=CCC2)CN1. The number of carboxylic acid groups (broad SMARTS) is 1. The van der Waals surface area contributed by atoms with Gasteiger partial charge in [-0.05, 0) is 24.2 Å². The minimum absolute atomic E-state index is 0.345. The molecule has 2 aliphatic rings. The van der Waals surface area contributed by atoms with Gasteiger partial charge < -0.3 is 10.4 Å². The van der Waals surface area contributed by atoms with E-state index < -0.39 is 5.97 Å². The number of carboxylic acids is 1. The molecule has 2 N–H and O–H groups in total. The molecule has 1 heterocycles. The Kier molecular flexibility index (Phi) is 3.49. The summed E-state index contributed by atoms with van der Waals surface area (Å²) in [6.45, 7) is 0.808. The highest BCUT2D eigenvalue weighted by atomic mass is 32.2. The molecule has 3 nitrogen and oxygen atoms in total. The Morgan fingerprint density at radius 1 is 1.60 bits per heavy atom. The second-order valence-electron chi connectivity index (χ2n) is 3.87. The first-order valence-corrected chi connectivity index (χ1v) is 6.12. The quantitative estimate of drug-likeness (QED) is 0.768. The van der Waals surface area contributed by atoms with Gasteiger partial charge in [0.05, 0.1) is 0 Å². The molecule has 1 saturated heterocycles. The number of nitrogens with one attached hydrogen (secondary N) is 1. The van der Waals surface area contributed by atoms with E-state index in [1.807, 2.05) is 11.8 Å². The van der Waals surface area contributed by atoms with Gasteiger partial charge in [-0.25, -0.2) is 0 Å². The average molecular weight is 225 g/mol. The molecule has 1 fully saturated rings. The zero-order chi connectivity index (χ0) is 10.7. The van der Waals surface area contributed by atoms with Crippen molar-refractivity contribution in [2.45, 2.75) is 30.6 Å². The summed E-state index contributed by atoms with van der Waals surface area (Å²) in [7, 11) is 0. The van der Waals surface area contributed by atoms with E-state index in [4.69, 9.17) is 5.11 Å². The molecule has 2 rings (SSSR count). The van der Waals surface area contributed by atoms with E-state index in [-0.39, 0.29) is 6.04 Å². The van der Waals surface area contributed by atoms with Gasteiger partial charge in [-0.15, -0.1) is 11.8 Å². The van der Waals surface area contributed by atoms with Crippen LogP contribution < -0.4 is 5.32 Å². The van der Waals surface area contributed by atoms with Gasteiger partial charge in [0.2, 0.25) is 0 Å². The number of hydrogen-bond acceptors (Lipinski definition) is 3. The molecule has 1 aliphatic heterocycles. The minimum atomic E-state index is -0.726. The fourth-order valence-corrected chi connectivity index (χ4v) is 3.16. The molecular formula is C11H15NO2S. The van der Waals surface area contributed by atoms with Gasteiger partial charge in [0.1, 0.15) is 6.04 Å². The summed E-state index contributed by atoms with van der Waals surface area (Å²) in [5.74, 6) is -0.726. The van der Waals surface area contributed by atoms with Crippen molar-refractivity contribution in [3.05, 3.63) is 23.1 Å². The van der Waals surface area contributed by atoms with E-state index in [2.05, 4.69) is 23.5 Å².